The van der Waals surface area contributed by atoms with Gasteiger partial charge in [-0.15, -0.1) is 0 Å². The van der Waals surface area contributed by atoms with Gasteiger partial charge in [0.15, 0.2) is 0 Å². The van der Waals surface area contributed by atoms with Gasteiger partial charge in [-0.05, 0) is 14.0 Å². The lowest BCUT2D eigenvalue weighted by Gasteiger charge is -2.31. The fraction of sp³-hybridized carbons (Fsp3) is 0.750. The molecule has 0 bridgehead atoms. The lowest BCUT2D eigenvalue weighted by molar-refractivity contribution is -0.138. The molecule has 0 N–H and O–H groups in total. The highest BCUT2D eigenvalue weighted by Gasteiger charge is 2.21. The van der Waals surface area contributed by atoms with Crippen LogP contribution in [0, 0.1) is 0 Å². The van der Waals surface area contributed by atoms with Crippen molar-refractivity contribution in [2.24, 2.45) is 0 Å². The highest BCUT2D eigenvalue weighted by atomic mass is 16.2. The summed E-state index contributed by atoms with van der Waals surface area (Å²) in [5.74, 6) is 0.104. The molecule has 1 aliphatic heterocycles. The minimum Gasteiger partial charge on any atom is -0.333 e. The average Bonchev–Trinajstić information content (AvgIpc) is 1.94. The first-order valence-corrected chi connectivity index (χ1v) is 4.05. The van der Waals surface area contributed by atoms with Crippen LogP contribution in [0.15, 0.2) is 0 Å². The summed E-state index contributed by atoms with van der Waals surface area (Å²) < 4.78 is 0. The monoisotopic (exact) mass is 170 g/mol. The number of Topliss-reactive ketones (excluding diaryl/α,β-unsaturated/α-hetero) is 1. The molecule has 12 heavy (non-hydrogen) atoms. The van der Waals surface area contributed by atoms with Crippen LogP contribution in [0.2, 0.25) is 0 Å². The van der Waals surface area contributed by atoms with E-state index in [1.54, 1.807) is 4.90 Å². The molecule has 1 aliphatic rings. The predicted molar refractivity (Wildman–Crippen MR) is 44.8 cm³/mol. The van der Waals surface area contributed by atoms with E-state index in [-0.39, 0.29) is 18.2 Å². The quantitative estimate of drug-likeness (QED) is 0.553. The van der Waals surface area contributed by atoms with Crippen LogP contribution in [0.4, 0.5) is 0 Å². The van der Waals surface area contributed by atoms with Crippen molar-refractivity contribution in [3.63, 3.8) is 0 Å². The van der Waals surface area contributed by atoms with Gasteiger partial charge in [0.1, 0.15) is 5.78 Å². The molecule has 4 nitrogen and oxygen atoms in total. The van der Waals surface area contributed by atoms with Gasteiger partial charge in [-0.3, -0.25) is 14.5 Å². The van der Waals surface area contributed by atoms with Crippen molar-refractivity contribution < 1.29 is 9.59 Å². The van der Waals surface area contributed by atoms with Crippen molar-refractivity contribution in [2.75, 3.05) is 33.2 Å². The molecule has 0 atom stereocenters. The van der Waals surface area contributed by atoms with Gasteiger partial charge in [0.05, 0.1) is 13.1 Å². The smallest absolute Gasteiger partial charge is 0.237 e. The number of nitrogens with zero attached hydrogens (tertiary/aromatic N) is 2. The van der Waals surface area contributed by atoms with Crippen LogP contribution in [-0.4, -0.2) is 54.7 Å². The zero-order valence-corrected chi connectivity index (χ0v) is 7.54. The number of carbonyl (C=O) groups excluding carboxylic acids is 2. The molecule has 1 rings (SSSR count). The predicted octanol–water partition coefficient (Wildman–Crippen LogP) is -0.651. The van der Waals surface area contributed by atoms with Crippen molar-refractivity contribution in [1.82, 2.24) is 9.80 Å². The summed E-state index contributed by atoms with van der Waals surface area (Å²) in [6, 6.07) is 0. The molecule has 1 heterocycles. The van der Waals surface area contributed by atoms with E-state index >= 15 is 0 Å². The molecular formula is C8H14N2O2. The number of hydrogen-bond donors (Lipinski definition) is 0. The summed E-state index contributed by atoms with van der Waals surface area (Å²) in [6.45, 7) is 3.75. The van der Waals surface area contributed by atoms with Gasteiger partial charge in [-0.25, -0.2) is 0 Å². The molecule has 0 aromatic heterocycles. The molecule has 1 fully saturated rings. The average molecular weight is 170 g/mol. The van der Waals surface area contributed by atoms with Crippen LogP contribution in [0.5, 0.6) is 0 Å². The van der Waals surface area contributed by atoms with Gasteiger partial charge in [-0.1, -0.05) is 0 Å². The molecule has 0 aromatic carbocycles. The maximum Gasteiger partial charge on any atom is 0.237 e. The Kier molecular flexibility index (Phi) is 2.81. The first-order chi connectivity index (χ1) is 5.59. The third kappa shape index (κ3) is 2.30. The second-order valence-electron chi connectivity index (χ2n) is 3.26. The first kappa shape index (κ1) is 9.19. The Labute approximate surface area is 72.1 Å². The van der Waals surface area contributed by atoms with Crippen LogP contribution in [-0.2, 0) is 9.59 Å². The maximum atomic E-state index is 11.3. The van der Waals surface area contributed by atoms with Crippen molar-refractivity contribution in [2.45, 2.75) is 6.92 Å². The van der Waals surface area contributed by atoms with Crippen molar-refractivity contribution in [1.29, 1.82) is 0 Å². The first-order valence-electron chi connectivity index (χ1n) is 4.05. The van der Waals surface area contributed by atoms with E-state index in [4.69, 9.17) is 0 Å². The van der Waals surface area contributed by atoms with Crippen molar-refractivity contribution >= 4 is 11.7 Å². The number of hydrogen-bond acceptors (Lipinski definition) is 3. The van der Waals surface area contributed by atoms with Gasteiger partial charge < -0.3 is 4.90 Å². The van der Waals surface area contributed by atoms with Crippen LogP contribution in [0.3, 0.4) is 0 Å². The largest absolute Gasteiger partial charge is 0.333 e. The molecule has 1 saturated heterocycles. The highest BCUT2D eigenvalue weighted by molar-refractivity contribution is 5.85. The second kappa shape index (κ2) is 3.67. The van der Waals surface area contributed by atoms with Crippen LogP contribution in [0.25, 0.3) is 0 Å². The summed E-state index contributed by atoms with van der Waals surface area (Å²) >= 11 is 0. The fourth-order valence-electron chi connectivity index (χ4n) is 1.26. The minimum atomic E-state index is 0.0490. The van der Waals surface area contributed by atoms with Crippen LogP contribution >= 0.6 is 0 Å². The molecule has 0 aliphatic carbocycles. The molecular weight excluding hydrogens is 156 g/mol. The molecule has 1 amide bonds. The molecule has 0 radical (unpaired) electrons. The summed E-state index contributed by atoms with van der Waals surface area (Å²) in [7, 11) is 1.91. The normalized spacial score (nSPS) is 19.8. The van der Waals surface area contributed by atoms with Crippen LogP contribution in [0.1, 0.15) is 6.92 Å². The number of likely N-dealkylation sites (N-methyl/N-ethyl adjacent to an activating group) is 1. The van der Waals surface area contributed by atoms with Crippen molar-refractivity contribution in [3.05, 3.63) is 0 Å². The molecule has 0 aromatic rings. The van der Waals surface area contributed by atoms with Gasteiger partial charge in [-0.2, -0.15) is 0 Å². The van der Waals surface area contributed by atoms with E-state index in [1.807, 2.05) is 11.9 Å². The summed E-state index contributed by atoms with van der Waals surface area (Å²) in [5, 5.41) is 0. The van der Waals surface area contributed by atoms with Crippen LogP contribution < -0.4 is 0 Å². The number of ketones is 1. The highest BCUT2D eigenvalue weighted by Crippen LogP contribution is 2.00. The Morgan fingerprint density at radius 2 is 2.17 bits per heavy atom. The van der Waals surface area contributed by atoms with Crippen molar-refractivity contribution in [3.8, 4) is 0 Å². The number of amides is 1. The Bertz CT molecular complexity index is 203. The number of rotatable bonds is 2. The standard InChI is InChI=1S/C8H14N2O2/c1-7(11)5-10-4-3-9(2)6-8(10)12/h3-6H2,1-2H3. The Hall–Kier alpha value is -0.900. The fourth-order valence-corrected chi connectivity index (χ4v) is 1.26. The van der Waals surface area contributed by atoms with E-state index in [9.17, 15) is 9.59 Å². The summed E-state index contributed by atoms with van der Waals surface area (Å²) in [6.07, 6.45) is 0. The second-order valence-corrected chi connectivity index (χ2v) is 3.26. The minimum absolute atomic E-state index is 0.0490. The zero-order valence-electron chi connectivity index (χ0n) is 7.54. The topological polar surface area (TPSA) is 40.6 Å². The van der Waals surface area contributed by atoms with E-state index < -0.39 is 0 Å². The SMILES string of the molecule is CC(=O)CN1CCN(C)CC1=O. The third-order valence-corrected chi connectivity index (χ3v) is 1.92. The Morgan fingerprint density at radius 3 is 2.67 bits per heavy atom. The van der Waals surface area contributed by atoms with E-state index in [2.05, 4.69) is 0 Å². The van der Waals surface area contributed by atoms with Gasteiger partial charge in [0.2, 0.25) is 5.91 Å². The zero-order chi connectivity index (χ0) is 9.14. The van der Waals surface area contributed by atoms with E-state index in [0.717, 1.165) is 6.54 Å². The molecule has 0 spiro atoms. The Morgan fingerprint density at radius 1 is 1.50 bits per heavy atom. The van der Waals surface area contributed by atoms with Gasteiger partial charge in [0, 0.05) is 13.1 Å². The van der Waals surface area contributed by atoms with Gasteiger partial charge >= 0.3 is 0 Å². The lowest BCUT2D eigenvalue weighted by Crippen LogP contribution is -2.50. The third-order valence-electron chi connectivity index (χ3n) is 1.92. The molecule has 0 saturated carbocycles. The van der Waals surface area contributed by atoms with Gasteiger partial charge in [0.25, 0.3) is 0 Å². The maximum absolute atomic E-state index is 11.3. The molecule has 0 unspecified atom stereocenters. The van der Waals surface area contributed by atoms with E-state index in [0.29, 0.717) is 13.1 Å². The number of piperazine rings is 1. The number of carbonyl (C=O) groups is 2. The molecule has 68 valence electrons. The lowest BCUT2D eigenvalue weighted by atomic mass is 10.3. The summed E-state index contributed by atoms with van der Waals surface area (Å²) in [5.41, 5.74) is 0. The summed E-state index contributed by atoms with van der Waals surface area (Å²) in [4.78, 5) is 25.6. The van der Waals surface area contributed by atoms with E-state index in [1.165, 1.54) is 6.92 Å². The molecule has 4 heteroatoms. The Balaban J connectivity index is 2.45.